The van der Waals surface area contributed by atoms with Crippen LogP contribution in [-0.4, -0.2) is 22.6 Å². The minimum atomic E-state index is 0.444. The maximum absolute atomic E-state index is 4.83. The molecule has 2 aromatic heterocycles. The average Bonchev–Trinajstić information content (AvgIpc) is 3.00. The summed E-state index contributed by atoms with van der Waals surface area (Å²) in [5.74, 6) is 1.24. The molecular formula is C20H27N3S. The molecule has 0 amide bonds. The van der Waals surface area contributed by atoms with E-state index in [4.69, 9.17) is 4.98 Å². The van der Waals surface area contributed by atoms with Crippen LogP contribution in [0.4, 0.5) is 5.82 Å². The fourth-order valence-electron chi connectivity index (χ4n) is 6.00. The van der Waals surface area contributed by atoms with Gasteiger partial charge in [-0.1, -0.05) is 20.8 Å². The minimum absolute atomic E-state index is 0.444. The van der Waals surface area contributed by atoms with Gasteiger partial charge in [0.1, 0.15) is 17.0 Å². The summed E-state index contributed by atoms with van der Waals surface area (Å²) in [4.78, 5) is 14.9. The molecule has 1 saturated heterocycles. The van der Waals surface area contributed by atoms with Crippen LogP contribution >= 0.6 is 11.3 Å². The Hall–Kier alpha value is -1.16. The van der Waals surface area contributed by atoms with Gasteiger partial charge in [0, 0.05) is 17.5 Å². The Morgan fingerprint density at radius 3 is 2.83 bits per heavy atom. The van der Waals surface area contributed by atoms with Crippen LogP contribution in [0.3, 0.4) is 0 Å². The Labute approximate surface area is 148 Å². The van der Waals surface area contributed by atoms with Crippen molar-refractivity contribution in [2.75, 3.05) is 11.4 Å². The molecule has 4 heteroatoms. The number of aryl methyl sites for hydroxylation is 2. The summed E-state index contributed by atoms with van der Waals surface area (Å²) in [6.07, 6.45) is 10.9. The van der Waals surface area contributed by atoms with E-state index < -0.39 is 0 Å². The highest BCUT2D eigenvalue weighted by Crippen LogP contribution is 2.54. The zero-order valence-corrected chi connectivity index (χ0v) is 15.9. The van der Waals surface area contributed by atoms with Gasteiger partial charge >= 0.3 is 0 Å². The van der Waals surface area contributed by atoms with E-state index in [1.165, 1.54) is 61.0 Å². The van der Waals surface area contributed by atoms with E-state index in [0.717, 1.165) is 6.54 Å². The van der Waals surface area contributed by atoms with E-state index in [2.05, 4.69) is 30.7 Å². The Morgan fingerprint density at radius 1 is 1.12 bits per heavy atom. The van der Waals surface area contributed by atoms with Crippen LogP contribution in [-0.2, 0) is 12.8 Å². The summed E-state index contributed by atoms with van der Waals surface area (Å²) in [5, 5.41) is 1.39. The second-order valence-corrected chi connectivity index (χ2v) is 10.5. The molecule has 128 valence electrons. The summed E-state index contributed by atoms with van der Waals surface area (Å²) in [5.41, 5.74) is 2.47. The molecule has 0 aromatic carbocycles. The van der Waals surface area contributed by atoms with Crippen LogP contribution in [0, 0.1) is 10.8 Å². The Balaban J connectivity index is 1.64. The minimum Gasteiger partial charge on any atom is -0.352 e. The zero-order chi connectivity index (χ0) is 16.5. The molecule has 2 aliphatic carbocycles. The molecule has 3 nitrogen and oxygen atoms in total. The first kappa shape index (κ1) is 15.1. The van der Waals surface area contributed by atoms with Crippen molar-refractivity contribution in [2.24, 2.45) is 10.8 Å². The lowest BCUT2D eigenvalue weighted by atomic mass is 9.65. The average molecular weight is 342 g/mol. The number of thiophene rings is 1. The highest BCUT2D eigenvalue weighted by Gasteiger charge is 2.50. The topological polar surface area (TPSA) is 29.0 Å². The number of fused-ring (bicyclic) bond motifs is 5. The van der Waals surface area contributed by atoms with E-state index in [1.807, 2.05) is 11.3 Å². The zero-order valence-electron chi connectivity index (χ0n) is 15.1. The molecule has 3 aliphatic rings. The smallest absolute Gasteiger partial charge is 0.141 e. The third-order valence-electron chi connectivity index (χ3n) is 6.42. The lowest BCUT2D eigenvalue weighted by molar-refractivity contribution is 0.136. The van der Waals surface area contributed by atoms with Crippen molar-refractivity contribution in [3.05, 3.63) is 16.8 Å². The fraction of sp³-hybridized carbons (Fsp3) is 0.700. The highest BCUT2D eigenvalue weighted by molar-refractivity contribution is 7.19. The second-order valence-electron chi connectivity index (χ2n) is 9.43. The van der Waals surface area contributed by atoms with Gasteiger partial charge < -0.3 is 4.90 Å². The normalized spacial score (nSPS) is 31.5. The van der Waals surface area contributed by atoms with Crippen molar-refractivity contribution < 1.29 is 0 Å². The maximum atomic E-state index is 4.83. The molecule has 5 rings (SSSR count). The lowest BCUT2D eigenvalue weighted by Crippen LogP contribution is -2.35. The Morgan fingerprint density at radius 2 is 1.96 bits per heavy atom. The first-order valence-electron chi connectivity index (χ1n) is 9.46. The van der Waals surface area contributed by atoms with Gasteiger partial charge in [-0.3, -0.25) is 0 Å². The SMILES string of the molecule is CC1(C)C[C@@H]2C[C@](C)(CN2c2ncnc3sc4c(c23)CCCC4)C1. The van der Waals surface area contributed by atoms with Crippen molar-refractivity contribution >= 4 is 27.4 Å². The van der Waals surface area contributed by atoms with Crippen molar-refractivity contribution in [1.82, 2.24) is 9.97 Å². The standard InChI is InChI=1S/C20H27N3S/c1-19(2)8-13-9-20(3,10-19)11-23(13)17-16-14-6-4-5-7-15(14)24-18(16)22-12-21-17/h12-13H,4-11H2,1-3H3/t13-,20+/m1/s1. The molecule has 1 saturated carbocycles. The van der Waals surface area contributed by atoms with Crippen LogP contribution in [0.2, 0.25) is 0 Å². The van der Waals surface area contributed by atoms with Gasteiger partial charge in [0.05, 0.1) is 5.39 Å². The van der Waals surface area contributed by atoms with Gasteiger partial charge in [-0.15, -0.1) is 11.3 Å². The lowest BCUT2D eigenvalue weighted by Gasteiger charge is -2.39. The number of rotatable bonds is 1. The molecule has 2 aromatic rings. The molecular weight excluding hydrogens is 314 g/mol. The summed E-state index contributed by atoms with van der Waals surface area (Å²) >= 11 is 1.92. The van der Waals surface area contributed by atoms with Gasteiger partial charge in [0.2, 0.25) is 0 Å². The predicted molar refractivity (Wildman–Crippen MR) is 101 cm³/mol. The third-order valence-corrected chi connectivity index (χ3v) is 7.62. The van der Waals surface area contributed by atoms with E-state index >= 15 is 0 Å². The highest BCUT2D eigenvalue weighted by atomic mass is 32.1. The van der Waals surface area contributed by atoms with Crippen molar-refractivity contribution in [1.29, 1.82) is 0 Å². The van der Waals surface area contributed by atoms with Gasteiger partial charge in [-0.05, 0) is 61.3 Å². The summed E-state index contributed by atoms with van der Waals surface area (Å²) in [6, 6.07) is 0.649. The van der Waals surface area contributed by atoms with Crippen LogP contribution < -0.4 is 4.90 Å². The number of nitrogens with zero attached hydrogens (tertiary/aromatic N) is 3. The van der Waals surface area contributed by atoms with Crippen molar-refractivity contribution in [3.8, 4) is 0 Å². The molecule has 1 aliphatic heterocycles. The molecule has 24 heavy (non-hydrogen) atoms. The molecule has 0 unspecified atom stereocenters. The number of hydrogen-bond acceptors (Lipinski definition) is 4. The van der Waals surface area contributed by atoms with Gasteiger partial charge in [0.15, 0.2) is 0 Å². The van der Waals surface area contributed by atoms with E-state index in [1.54, 1.807) is 16.8 Å². The van der Waals surface area contributed by atoms with Gasteiger partial charge in [0.25, 0.3) is 0 Å². The first-order chi connectivity index (χ1) is 11.4. The Kier molecular flexibility index (Phi) is 3.11. The van der Waals surface area contributed by atoms with Crippen LogP contribution in [0.25, 0.3) is 10.2 Å². The molecule has 2 atom stereocenters. The first-order valence-corrected chi connectivity index (χ1v) is 10.3. The summed E-state index contributed by atoms with van der Waals surface area (Å²) in [6.45, 7) is 8.55. The molecule has 3 heterocycles. The Bertz CT molecular complexity index is 809. The molecule has 0 N–H and O–H groups in total. The number of hydrogen-bond donors (Lipinski definition) is 0. The van der Waals surface area contributed by atoms with Crippen LogP contribution in [0.5, 0.6) is 0 Å². The quantitative estimate of drug-likeness (QED) is 0.733. The van der Waals surface area contributed by atoms with Crippen molar-refractivity contribution in [2.45, 2.75) is 71.8 Å². The summed E-state index contributed by atoms with van der Waals surface area (Å²) in [7, 11) is 0. The molecule has 0 radical (unpaired) electrons. The number of aromatic nitrogens is 2. The largest absolute Gasteiger partial charge is 0.352 e. The molecule has 2 bridgehead atoms. The van der Waals surface area contributed by atoms with E-state index in [-0.39, 0.29) is 0 Å². The van der Waals surface area contributed by atoms with E-state index in [9.17, 15) is 0 Å². The van der Waals surface area contributed by atoms with Crippen LogP contribution in [0.1, 0.15) is 63.3 Å². The summed E-state index contributed by atoms with van der Waals surface area (Å²) < 4.78 is 0. The predicted octanol–water partition coefficient (Wildman–Crippen LogP) is 4.98. The van der Waals surface area contributed by atoms with E-state index in [0.29, 0.717) is 16.9 Å². The van der Waals surface area contributed by atoms with Gasteiger partial charge in [-0.2, -0.15) is 0 Å². The number of anilines is 1. The van der Waals surface area contributed by atoms with Gasteiger partial charge in [-0.25, -0.2) is 9.97 Å². The fourth-order valence-corrected chi connectivity index (χ4v) is 7.22. The maximum Gasteiger partial charge on any atom is 0.141 e. The molecule has 0 spiro atoms. The van der Waals surface area contributed by atoms with Crippen LogP contribution in [0.15, 0.2) is 6.33 Å². The molecule has 2 fully saturated rings. The third kappa shape index (κ3) is 2.22. The monoisotopic (exact) mass is 341 g/mol. The van der Waals surface area contributed by atoms with Crippen molar-refractivity contribution in [3.63, 3.8) is 0 Å². The second kappa shape index (κ2) is 4.94.